The molecule has 148 valence electrons. The van der Waals surface area contributed by atoms with E-state index in [1.54, 1.807) is 19.1 Å². The van der Waals surface area contributed by atoms with Crippen molar-refractivity contribution in [3.05, 3.63) is 50.9 Å². The first-order valence-electron chi connectivity index (χ1n) is 7.01. The van der Waals surface area contributed by atoms with Crippen molar-refractivity contribution in [3.63, 3.8) is 0 Å². The van der Waals surface area contributed by atoms with Crippen molar-refractivity contribution in [2.45, 2.75) is 29.2 Å². The lowest BCUT2D eigenvalue weighted by molar-refractivity contribution is -0.331. The number of halogens is 9. The Hall–Kier alpha value is -0.940. The Labute approximate surface area is 168 Å². The van der Waals surface area contributed by atoms with Crippen LogP contribution in [-0.4, -0.2) is 21.6 Å². The standard InChI is InChI=1S/C16H9Br2F7OS/c1-8-4-2-3-5-10(8)13-11(18)6-9(17)7-12(13)27(26)16(24,25)14(19,20)15(21,22)23/h2-7H,1H3. The summed E-state index contributed by atoms with van der Waals surface area (Å²) in [5, 5.41) is -5.89. The van der Waals surface area contributed by atoms with Crippen molar-refractivity contribution in [1.82, 2.24) is 0 Å². The van der Waals surface area contributed by atoms with Crippen molar-refractivity contribution in [3.8, 4) is 11.1 Å². The van der Waals surface area contributed by atoms with E-state index in [0.717, 1.165) is 6.07 Å². The zero-order chi connectivity index (χ0) is 20.8. The maximum Gasteiger partial charge on any atom is 0.461 e. The summed E-state index contributed by atoms with van der Waals surface area (Å²) < 4.78 is 105. The van der Waals surface area contributed by atoms with Gasteiger partial charge >= 0.3 is 17.4 Å². The average Bonchev–Trinajstić information content (AvgIpc) is 2.53. The van der Waals surface area contributed by atoms with E-state index in [9.17, 15) is 34.9 Å². The molecule has 0 aliphatic carbocycles. The molecule has 0 saturated heterocycles. The van der Waals surface area contributed by atoms with E-state index in [1.807, 2.05) is 0 Å². The van der Waals surface area contributed by atoms with Crippen LogP contribution in [0.15, 0.2) is 50.2 Å². The molecule has 0 fully saturated rings. The Kier molecular flexibility index (Phi) is 6.19. The lowest BCUT2D eigenvalue weighted by atomic mass is 10.0. The molecule has 2 rings (SSSR count). The van der Waals surface area contributed by atoms with Crippen molar-refractivity contribution >= 4 is 42.7 Å². The highest BCUT2D eigenvalue weighted by Gasteiger charge is 2.76. The second kappa shape index (κ2) is 7.47. The van der Waals surface area contributed by atoms with Crippen molar-refractivity contribution in [1.29, 1.82) is 0 Å². The maximum atomic E-state index is 14.0. The molecular weight excluding hydrogens is 533 g/mol. The smallest absolute Gasteiger partial charge is 0.248 e. The van der Waals surface area contributed by atoms with E-state index in [2.05, 4.69) is 31.9 Å². The molecule has 1 atom stereocenters. The third-order valence-electron chi connectivity index (χ3n) is 3.59. The van der Waals surface area contributed by atoms with Crippen LogP contribution in [0.1, 0.15) is 5.56 Å². The first-order valence-corrected chi connectivity index (χ1v) is 9.74. The second-order valence-electron chi connectivity index (χ2n) is 5.43. The summed E-state index contributed by atoms with van der Waals surface area (Å²) in [4.78, 5) is -0.862. The summed E-state index contributed by atoms with van der Waals surface area (Å²) in [7, 11) is -4.01. The molecule has 2 aromatic carbocycles. The zero-order valence-electron chi connectivity index (χ0n) is 13.2. The highest BCUT2D eigenvalue weighted by atomic mass is 79.9. The maximum absolute atomic E-state index is 14.0. The van der Waals surface area contributed by atoms with Gasteiger partial charge in [-0.05, 0) is 30.2 Å². The summed E-state index contributed by atoms with van der Waals surface area (Å²) >= 11 is 6.02. The molecule has 0 heterocycles. The van der Waals surface area contributed by atoms with Gasteiger partial charge in [-0.15, -0.1) is 0 Å². The van der Waals surface area contributed by atoms with Crippen LogP contribution >= 0.6 is 31.9 Å². The van der Waals surface area contributed by atoms with Crippen LogP contribution in [0.4, 0.5) is 30.7 Å². The van der Waals surface area contributed by atoms with Gasteiger partial charge in [0.25, 0.3) is 0 Å². The summed E-state index contributed by atoms with van der Waals surface area (Å²) in [6.07, 6.45) is -6.57. The second-order valence-corrected chi connectivity index (χ2v) is 8.69. The topological polar surface area (TPSA) is 17.1 Å². The Morgan fingerprint density at radius 1 is 0.926 bits per heavy atom. The van der Waals surface area contributed by atoms with Gasteiger partial charge in [0.2, 0.25) is 0 Å². The first kappa shape index (κ1) is 22.4. The van der Waals surface area contributed by atoms with E-state index >= 15 is 0 Å². The lowest BCUT2D eigenvalue weighted by Gasteiger charge is -2.28. The summed E-state index contributed by atoms with van der Waals surface area (Å²) in [6.45, 7) is 1.58. The molecule has 0 amide bonds. The van der Waals surface area contributed by atoms with E-state index in [4.69, 9.17) is 0 Å². The summed E-state index contributed by atoms with van der Waals surface area (Å²) in [6, 6.07) is 8.38. The molecule has 0 saturated carbocycles. The molecule has 0 bridgehead atoms. The summed E-state index contributed by atoms with van der Waals surface area (Å²) in [5.74, 6) is -6.48. The highest BCUT2D eigenvalue weighted by molar-refractivity contribution is 9.11. The third-order valence-corrected chi connectivity index (χ3v) is 6.11. The van der Waals surface area contributed by atoms with Crippen LogP contribution in [0, 0.1) is 6.92 Å². The fraction of sp³-hybridized carbons (Fsp3) is 0.250. The van der Waals surface area contributed by atoms with Crippen LogP contribution < -0.4 is 0 Å². The lowest BCUT2D eigenvalue weighted by Crippen LogP contribution is -2.54. The molecule has 0 aromatic heterocycles. The molecule has 27 heavy (non-hydrogen) atoms. The fourth-order valence-corrected chi connectivity index (χ4v) is 5.22. The SMILES string of the molecule is Cc1ccccc1-c1c(Br)cc(Br)cc1S(=O)C(F)(F)C(F)(F)C(F)(F)F. The Morgan fingerprint density at radius 2 is 1.48 bits per heavy atom. The molecule has 0 N–H and O–H groups in total. The van der Waals surface area contributed by atoms with Gasteiger partial charge in [-0.1, -0.05) is 56.1 Å². The Balaban J connectivity index is 2.76. The van der Waals surface area contributed by atoms with Crippen molar-refractivity contribution < 1.29 is 34.9 Å². The van der Waals surface area contributed by atoms with Crippen LogP contribution in [-0.2, 0) is 10.8 Å². The van der Waals surface area contributed by atoms with Crippen LogP contribution in [0.3, 0.4) is 0 Å². The number of benzene rings is 2. The zero-order valence-corrected chi connectivity index (χ0v) is 17.2. The number of hydrogen-bond acceptors (Lipinski definition) is 1. The van der Waals surface area contributed by atoms with Gasteiger partial charge in [-0.25, -0.2) is 4.21 Å². The fourth-order valence-electron chi connectivity index (χ4n) is 2.23. The molecule has 0 spiro atoms. The minimum absolute atomic E-state index is 0.0705. The molecule has 0 aliphatic rings. The van der Waals surface area contributed by atoms with Gasteiger partial charge in [0, 0.05) is 14.5 Å². The minimum atomic E-state index is -6.57. The normalized spacial score (nSPS) is 14.3. The molecule has 0 radical (unpaired) electrons. The van der Waals surface area contributed by atoms with Crippen LogP contribution in [0.2, 0.25) is 0 Å². The molecular formula is C16H9Br2F7OS. The average molecular weight is 542 g/mol. The largest absolute Gasteiger partial charge is 0.461 e. The van der Waals surface area contributed by atoms with E-state index in [-0.39, 0.29) is 20.1 Å². The van der Waals surface area contributed by atoms with Crippen molar-refractivity contribution in [2.24, 2.45) is 0 Å². The van der Waals surface area contributed by atoms with Gasteiger partial charge in [0.15, 0.2) is 0 Å². The van der Waals surface area contributed by atoms with E-state index in [1.165, 1.54) is 18.2 Å². The third kappa shape index (κ3) is 3.95. The minimum Gasteiger partial charge on any atom is -0.248 e. The van der Waals surface area contributed by atoms with Gasteiger partial charge < -0.3 is 0 Å². The molecule has 2 aromatic rings. The van der Waals surface area contributed by atoms with E-state index < -0.39 is 33.0 Å². The van der Waals surface area contributed by atoms with Crippen LogP contribution in [0.25, 0.3) is 11.1 Å². The van der Waals surface area contributed by atoms with Gasteiger partial charge in [-0.2, -0.15) is 30.7 Å². The Morgan fingerprint density at radius 3 is 2.00 bits per heavy atom. The van der Waals surface area contributed by atoms with Crippen molar-refractivity contribution in [2.75, 3.05) is 0 Å². The summed E-state index contributed by atoms with van der Waals surface area (Å²) in [5.41, 5.74) is 0.614. The quantitative estimate of drug-likeness (QED) is 0.378. The molecule has 0 aliphatic heterocycles. The number of aryl methyl sites for hydroxylation is 1. The molecule has 11 heteroatoms. The van der Waals surface area contributed by atoms with Gasteiger partial charge in [-0.3, -0.25) is 0 Å². The monoisotopic (exact) mass is 540 g/mol. The van der Waals surface area contributed by atoms with E-state index in [0.29, 0.717) is 5.56 Å². The Bertz CT molecular complexity index is 897. The van der Waals surface area contributed by atoms with Crippen LogP contribution in [0.5, 0.6) is 0 Å². The number of hydrogen-bond donors (Lipinski definition) is 0. The number of alkyl halides is 7. The highest BCUT2D eigenvalue weighted by Crippen LogP contribution is 2.51. The first-order chi connectivity index (χ1) is 12.2. The van der Waals surface area contributed by atoms with Gasteiger partial charge in [0.1, 0.15) is 10.8 Å². The molecule has 1 nitrogen and oxygen atoms in total. The number of rotatable bonds is 4. The predicted molar refractivity (Wildman–Crippen MR) is 94.4 cm³/mol. The predicted octanol–water partition coefficient (Wildman–Crippen LogP) is 7.09. The van der Waals surface area contributed by atoms with Gasteiger partial charge in [0.05, 0.1) is 4.90 Å². The molecule has 1 unspecified atom stereocenters.